The van der Waals surface area contributed by atoms with Crippen LogP contribution in [0.25, 0.3) is 11.0 Å². The Hall–Kier alpha value is -4.10. The highest BCUT2D eigenvalue weighted by atomic mass is 32.1. The number of aromatic nitrogens is 2. The Kier molecular flexibility index (Phi) is 5.19. The molecule has 1 aromatic heterocycles. The largest absolute Gasteiger partial charge is 0.454 e. The average molecular weight is 442 g/mol. The third kappa shape index (κ3) is 3.99. The molecule has 0 radical (unpaired) electrons. The van der Waals surface area contributed by atoms with Crippen molar-refractivity contribution in [1.82, 2.24) is 15.4 Å². The van der Waals surface area contributed by atoms with E-state index in [2.05, 4.69) is 20.5 Å². The maximum Gasteiger partial charge on any atom is 0.276 e. The molecule has 13 heteroatoms. The fourth-order valence-electron chi connectivity index (χ4n) is 2.96. The Morgan fingerprint density at radius 2 is 2.10 bits per heavy atom. The molecule has 31 heavy (non-hydrogen) atoms. The van der Waals surface area contributed by atoms with Gasteiger partial charge in [0.15, 0.2) is 22.3 Å². The SMILES string of the molecule is NC(=S)NN=C(c1nc2ccc([N+](=O)[O-])cc2[nH]c1=O)C(O)c1ccc2c(c1)OCO2. The molecule has 0 bridgehead atoms. The number of nitrogens with zero attached hydrogens (tertiary/aromatic N) is 3. The van der Waals surface area contributed by atoms with Crippen molar-refractivity contribution in [3.05, 3.63) is 68.1 Å². The summed E-state index contributed by atoms with van der Waals surface area (Å²) in [6.45, 7) is 0.0524. The van der Waals surface area contributed by atoms with Crippen LogP contribution in [0.15, 0.2) is 46.3 Å². The number of aliphatic hydroxyl groups excluding tert-OH is 1. The number of nitro groups is 1. The van der Waals surface area contributed by atoms with Crippen LogP contribution in [0.3, 0.4) is 0 Å². The number of rotatable bonds is 5. The van der Waals surface area contributed by atoms with E-state index in [0.717, 1.165) is 0 Å². The smallest absolute Gasteiger partial charge is 0.276 e. The third-order valence-electron chi connectivity index (χ3n) is 4.39. The number of ether oxygens (including phenoxy) is 2. The Bertz CT molecular complexity index is 1310. The van der Waals surface area contributed by atoms with Gasteiger partial charge in [-0.15, -0.1) is 0 Å². The predicted molar refractivity (Wildman–Crippen MR) is 113 cm³/mol. The molecule has 1 aliphatic rings. The van der Waals surface area contributed by atoms with Crippen molar-refractivity contribution in [2.24, 2.45) is 10.8 Å². The van der Waals surface area contributed by atoms with E-state index in [1.807, 2.05) is 0 Å². The zero-order valence-corrected chi connectivity index (χ0v) is 16.4. The lowest BCUT2D eigenvalue weighted by molar-refractivity contribution is -0.384. The molecule has 3 aromatic rings. The van der Waals surface area contributed by atoms with E-state index in [9.17, 15) is 20.0 Å². The molecule has 5 N–H and O–H groups in total. The van der Waals surface area contributed by atoms with Crippen molar-refractivity contribution < 1.29 is 19.5 Å². The molecule has 0 spiro atoms. The molecule has 2 heterocycles. The first-order valence-corrected chi connectivity index (χ1v) is 9.14. The van der Waals surface area contributed by atoms with E-state index >= 15 is 0 Å². The normalized spacial score (nSPS) is 13.8. The summed E-state index contributed by atoms with van der Waals surface area (Å²) in [7, 11) is 0. The molecule has 158 valence electrons. The Morgan fingerprint density at radius 1 is 1.32 bits per heavy atom. The second-order valence-corrected chi connectivity index (χ2v) is 6.80. The Labute approximate surface area is 178 Å². The van der Waals surface area contributed by atoms with Crippen LogP contribution in [0.4, 0.5) is 5.69 Å². The second kappa shape index (κ2) is 7.97. The number of aromatic amines is 1. The van der Waals surface area contributed by atoms with Gasteiger partial charge in [0.2, 0.25) is 6.79 Å². The molecular weight excluding hydrogens is 428 g/mol. The summed E-state index contributed by atoms with van der Waals surface area (Å²) in [4.78, 5) is 29.8. The van der Waals surface area contributed by atoms with Crippen molar-refractivity contribution in [1.29, 1.82) is 0 Å². The zero-order chi connectivity index (χ0) is 22.1. The molecule has 2 aromatic carbocycles. The highest BCUT2D eigenvalue weighted by Crippen LogP contribution is 2.34. The van der Waals surface area contributed by atoms with Crippen molar-refractivity contribution >= 4 is 39.8 Å². The predicted octanol–water partition coefficient (Wildman–Crippen LogP) is 0.831. The molecule has 1 aliphatic heterocycles. The molecule has 0 fully saturated rings. The summed E-state index contributed by atoms with van der Waals surface area (Å²) >= 11 is 4.75. The number of H-pyrrole nitrogens is 1. The van der Waals surface area contributed by atoms with Crippen LogP contribution in [-0.2, 0) is 0 Å². The summed E-state index contributed by atoms with van der Waals surface area (Å²) in [5, 5.41) is 25.7. The van der Waals surface area contributed by atoms with Crippen LogP contribution >= 0.6 is 12.2 Å². The number of thiocarbonyl (C=S) groups is 1. The fourth-order valence-corrected chi connectivity index (χ4v) is 3.01. The van der Waals surface area contributed by atoms with Crippen LogP contribution in [0.1, 0.15) is 17.4 Å². The molecule has 0 saturated heterocycles. The first-order chi connectivity index (χ1) is 14.8. The van der Waals surface area contributed by atoms with Crippen LogP contribution in [-0.4, -0.2) is 37.6 Å². The van der Waals surface area contributed by atoms with Crippen molar-refractivity contribution in [2.75, 3.05) is 6.79 Å². The highest BCUT2D eigenvalue weighted by Gasteiger charge is 2.25. The van der Waals surface area contributed by atoms with Gasteiger partial charge in [0, 0.05) is 12.1 Å². The van der Waals surface area contributed by atoms with Gasteiger partial charge in [0.25, 0.3) is 11.2 Å². The average Bonchev–Trinajstić information content (AvgIpc) is 3.21. The van der Waals surface area contributed by atoms with E-state index < -0.39 is 16.6 Å². The lowest BCUT2D eigenvalue weighted by atomic mass is 10.0. The highest BCUT2D eigenvalue weighted by molar-refractivity contribution is 7.80. The summed E-state index contributed by atoms with van der Waals surface area (Å²) in [5.74, 6) is 0.935. The fraction of sp³-hybridized carbons (Fsp3) is 0.111. The number of fused-ring (bicyclic) bond motifs is 2. The monoisotopic (exact) mass is 442 g/mol. The molecule has 1 unspecified atom stereocenters. The van der Waals surface area contributed by atoms with Crippen molar-refractivity contribution in [2.45, 2.75) is 6.10 Å². The molecule has 1 atom stereocenters. The minimum absolute atomic E-state index is 0.0524. The number of nitro benzene ring substituents is 1. The quantitative estimate of drug-likeness (QED) is 0.191. The Balaban J connectivity index is 1.81. The number of hydrogen-bond acceptors (Lipinski definition) is 9. The van der Waals surface area contributed by atoms with Gasteiger partial charge in [-0.3, -0.25) is 20.3 Å². The lowest BCUT2D eigenvalue weighted by Crippen LogP contribution is -2.31. The lowest BCUT2D eigenvalue weighted by Gasteiger charge is -2.14. The maximum atomic E-state index is 12.7. The van der Waals surface area contributed by atoms with Gasteiger partial charge in [0.05, 0.1) is 16.0 Å². The summed E-state index contributed by atoms with van der Waals surface area (Å²) in [6, 6.07) is 8.53. The first-order valence-electron chi connectivity index (χ1n) is 8.73. The van der Waals surface area contributed by atoms with Crippen molar-refractivity contribution in [3.63, 3.8) is 0 Å². The number of nitrogens with one attached hydrogen (secondary N) is 2. The van der Waals surface area contributed by atoms with E-state index in [1.54, 1.807) is 18.2 Å². The molecule has 4 rings (SSSR count). The molecule has 12 nitrogen and oxygen atoms in total. The summed E-state index contributed by atoms with van der Waals surface area (Å²) < 4.78 is 10.6. The standard InChI is InChI=1S/C18H14N6O6S/c19-18(31)23-22-14(16(25)8-1-4-12-13(5-8)30-7-29-12)15-17(26)21-11-6-9(24(27)28)2-3-10(11)20-15/h1-6,16,25H,7H2,(H,21,26)(H3,19,23,31). The maximum absolute atomic E-state index is 12.7. The third-order valence-corrected chi connectivity index (χ3v) is 4.48. The van der Waals surface area contributed by atoms with Crippen LogP contribution in [0, 0.1) is 10.1 Å². The van der Waals surface area contributed by atoms with Crippen LogP contribution in [0.2, 0.25) is 0 Å². The van der Waals surface area contributed by atoms with E-state index in [-0.39, 0.29) is 40.0 Å². The van der Waals surface area contributed by atoms with E-state index in [4.69, 9.17) is 27.4 Å². The number of nitrogens with two attached hydrogens (primary N) is 1. The first kappa shape index (κ1) is 20.2. The van der Waals surface area contributed by atoms with Gasteiger partial charge < -0.3 is 25.3 Å². The molecule has 0 aliphatic carbocycles. The summed E-state index contributed by atoms with van der Waals surface area (Å²) in [5.41, 5.74) is 7.19. The topological polar surface area (TPSA) is 178 Å². The van der Waals surface area contributed by atoms with E-state index in [1.165, 1.54) is 18.2 Å². The second-order valence-electron chi connectivity index (χ2n) is 6.36. The van der Waals surface area contributed by atoms with Gasteiger partial charge in [0.1, 0.15) is 11.8 Å². The number of hydrazone groups is 1. The van der Waals surface area contributed by atoms with Gasteiger partial charge in [-0.1, -0.05) is 6.07 Å². The minimum atomic E-state index is -1.42. The molecule has 0 saturated carbocycles. The van der Waals surface area contributed by atoms with Gasteiger partial charge in [-0.05, 0) is 36.0 Å². The van der Waals surface area contributed by atoms with Crippen molar-refractivity contribution in [3.8, 4) is 11.5 Å². The number of aliphatic hydroxyl groups is 1. The van der Waals surface area contributed by atoms with Gasteiger partial charge >= 0.3 is 0 Å². The van der Waals surface area contributed by atoms with Crippen LogP contribution in [0.5, 0.6) is 11.5 Å². The Morgan fingerprint density at radius 3 is 2.84 bits per heavy atom. The summed E-state index contributed by atoms with van der Waals surface area (Å²) in [6.07, 6.45) is -1.42. The molecular formula is C18H14N6O6S. The van der Waals surface area contributed by atoms with Crippen LogP contribution < -0.4 is 26.2 Å². The number of benzene rings is 2. The van der Waals surface area contributed by atoms with Gasteiger partial charge in [-0.25, -0.2) is 4.98 Å². The number of non-ortho nitro benzene ring substituents is 1. The zero-order valence-electron chi connectivity index (χ0n) is 15.6. The minimum Gasteiger partial charge on any atom is -0.454 e. The van der Waals surface area contributed by atoms with E-state index in [0.29, 0.717) is 17.1 Å². The number of hydrogen-bond donors (Lipinski definition) is 4. The molecule has 0 amide bonds. The van der Waals surface area contributed by atoms with Gasteiger partial charge in [-0.2, -0.15) is 5.10 Å².